The molecular formula is C18H24N2O. The third-order valence-electron chi connectivity index (χ3n) is 4.87. The third-order valence-corrected chi connectivity index (χ3v) is 4.87. The first-order chi connectivity index (χ1) is 10.1. The van der Waals surface area contributed by atoms with Crippen molar-refractivity contribution in [3.63, 3.8) is 0 Å². The van der Waals surface area contributed by atoms with Gasteiger partial charge in [-0.1, -0.05) is 24.3 Å². The molecule has 0 aliphatic heterocycles. The van der Waals surface area contributed by atoms with Crippen LogP contribution in [-0.2, 0) is 11.3 Å². The number of nitrogens with one attached hydrogen (secondary N) is 1. The second kappa shape index (κ2) is 5.92. The van der Waals surface area contributed by atoms with Crippen molar-refractivity contribution in [3.05, 3.63) is 42.0 Å². The largest absolute Gasteiger partial charge is 0.385 e. The van der Waals surface area contributed by atoms with E-state index in [0.29, 0.717) is 6.54 Å². The zero-order chi connectivity index (χ0) is 14.8. The van der Waals surface area contributed by atoms with Gasteiger partial charge in [-0.3, -0.25) is 4.79 Å². The monoisotopic (exact) mass is 284 g/mol. The van der Waals surface area contributed by atoms with E-state index in [1.54, 1.807) is 11.8 Å². The summed E-state index contributed by atoms with van der Waals surface area (Å²) in [5.41, 5.74) is 2.33. The lowest BCUT2D eigenvalue weighted by Gasteiger charge is -2.20. The van der Waals surface area contributed by atoms with E-state index in [0.717, 1.165) is 30.0 Å². The van der Waals surface area contributed by atoms with Gasteiger partial charge in [0, 0.05) is 32.7 Å². The maximum atomic E-state index is 11.3. The van der Waals surface area contributed by atoms with E-state index in [2.05, 4.69) is 41.7 Å². The predicted octanol–water partition coefficient (Wildman–Crippen LogP) is 3.29. The van der Waals surface area contributed by atoms with Gasteiger partial charge in [0.25, 0.3) is 0 Å². The number of fused-ring (bicyclic) bond motifs is 2. The molecule has 3 atom stereocenters. The van der Waals surface area contributed by atoms with Crippen molar-refractivity contribution in [3.8, 4) is 0 Å². The standard InChI is InChI=1S/C18H24N2O/c1-13(21)20(2)12-15-4-3-5-18(10-15)19-11-17-9-14-6-7-16(17)8-14/h3-7,10,14,16-17,19H,8-9,11-12H2,1-2H3. The van der Waals surface area contributed by atoms with Crippen LogP contribution in [0.3, 0.4) is 0 Å². The number of amides is 1. The Balaban J connectivity index is 1.56. The highest BCUT2D eigenvalue weighted by atomic mass is 16.2. The highest BCUT2D eigenvalue weighted by molar-refractivity contribution is 5.72. The highest BCUT2D eigenvalue weighted by Crippen LogP contribution is 2.43. The lowest BCUT2D eigenvalue weighted by atomic mass is 9.93. The van der Waals surface area contributed by atoms with Crippen molar-refractivity contribution in [1.29, 1.82) is 0 Å². The molecule has 2 bridgehead atoms. The van der Waals surface area contributed by atoms with Crippen molar-refractivity contribution >= 4 is 11.6 Å². The zero-order valence-corrected chi connectivity index (χ0v) is 12.9. The van der Waals surface area contributed by atoms with E-state index in [-0.39, 0.29) is 5.91 Å². The molecule has 1 N–H and O–H groups in total. The summed E-state index contributed by atoms with van der Waals surface area (Å²) < 4.78 is 0. The minimum atomic E-state index is 0.0992. The molecule has 1 amide bonds. The minimum Gasteiger partial charge on any atom is -0.385 e. The molecule has 1 fully saturated rings. The molecule has 112 valence electrons. The van der Waals surface area contributed by atoms with Gasteiger partial charge in [0.15, 0.2) is 0 Å². The van der Waals surface area contributed by atoms with E-state index in [1.165, 1.54) is 18.4 Å². The maximum Gasteiger partial charge on any atom is 0.219 e. The molecule has 1 aromatic carbocycles. The second-order valence-corrected chi connectivity index (χ2v) is 6.50. The Bertz CT molecular complexity index is 552. The second-order valence-electron chi connectivity index (χ2n) is 6.50. The van der Waals surface area contributed by atoms with Crippen LogP contribution in [0.25, 0.3) is 0 Å². The van der Waals surface area contributed by atoms with Crippen molar-refractivity contribution in [2.45, 2.75) is 26.3 Å². The van der Waals surface area contributed by atoms with Crippen LogP contribution in [-0.4, -0.2) is 24.4 Å². The number of hydrogen-bond donors (Lipinski definition) is 1. The average Bonchev–Trinajstić information content (AvgIpc) is 3.08. The molecule has 21 heavy (non-hydrogen) atoms. The molecular weight excluding hydrogens is 260 g/mol. The molecule has 0 heterocycles. The lowest BCUT2D eigenvalue weighted by molar-refractivity contribution is -0.128. The third kappa shape index (κ3) is 3.29. The van der Waals surface area contributed by atoms with Crippen LogP contribution in [0.4, 0.5) is 5.69 Å². The summed E-state index contributed by atoms with van der Waals surface area (Å²) in [6.45, 7) is 3.32. The predicted molar refractivity (Wildman–Crippen MR) is 85.9 cm³/mol. The molecule has 2 aliphatic rings. The summed E-state index contributed by atoms with van der Waals surface area (Å²) in [4.78, 5) is 13.0. The van der Waals surface area contributed by atoms with Gasteiger partial charge in [-0.25, -0.2) is 0 Å². The van der Waals surface area contributed by atoms with Crippen molar-refractivity contribution in [2.75, 3.05) is 18.9 Å². The van der Waals surface area contributed by atoms with Crippen molar-refractivity contribution in [1.82, 2.24) is 4.90 Å². The number of allylic oxidation sites excluding steroid dienone is 2. The quantitative estimate of drug-likeness (QED) is 0.842. The van der Waals surface area contributed by atoms with E-state index < -0.39 is 0 Å². The molecule has 3 heteroatoms. The summed E-state index contributed by atoms with van der Waals surface area (Å²) >= 11 is 0. The van der Waals surface area contributed by atoms with Crippen LogP contribution >= 0.6 is 0 Å². The average molecular weight is 284 g/mol. The van der Waals surface area contributed by atoms with Gasteiger partial charge >= 0.3 is 0 Å². The summed E-state index contributed by atoms with van der Waals surface area (Å²) in [6, 6.07) is 8.40. The van der Waals surface area contributed by atoms with Crippen molar-refractivity contribution in [2.24, 2.45) is 17.8 Å². The van der Waals surface area contributed by atoms with E-state index in [4.69, 9.17) is 0 Å². The Morgan fingerprint density at radius 1 is 1.33 bits per heavy atom. The van der Waals surface area contributed by atoms with Crippen LogP contribution in [0.2, 0.25) is 0 Å². The molecule has 1 aromatic rings. The molecule has 0 saturated heterocycles. The van der Waals surface area contributed by atoms with Gasteiger partial charge in [-0.2, -0.15) is 0 Å². The Hall–Kier alpha value is -1.77. The Morgan fingerprint density at radius 2 is 2.19 bits per heavy atom. The fourth-order valence-corrected chi connectivity index (χ4v) is 3.54. The van der Waals surface area contributed by atoms with E-state index in [9.17, 15) is 4.79 Å². The lowest BCUT2D eigenvalue weighted by Crippen LogP contribution is -2.23. The van der Waals surface area contributed by atoms with Crippen LogP contribution in [0.5, 0.6) is 0 Å². The molecule has 1 saturated carbocycles. The Morgan fingerprint density at radius 3 is 2.86 bits per heavy atom. The smallest absolute Gasteiger partial charge is 0.219 e. The van der Waals surface area contributed by atoms with Gasteiger partial charge in [-0.15, -0.1) is 0 Å². The first-order valence-electron chi connectivity index (χ1n) is 7.84. The zero-order valence-electron chi connectivity index (χ0n) is 12.9. The first-order valence-corrected chi connectivity index (χ1v) is 7.84. The molecule has 0 radical (unpaired) electrons. The van der Waals surface area contributed by atoms with Crippen LogP contribution in [0.1, 0.15) is 25.3 Å². The number of anilines is 1. The molecule has 0 spiro atoms. The van der Waals surface area contributed by atoms with Gasteiger partial charge in [0.05, 0.1) is 0 Å². The Labute approximate surface area is 127 Å². The maximum absolute atomic E-state index is 11.3. The summed E-state index contributed by atoms with van der Waals surface area (Å²) in [7, 11) is 1.84. The summed E-state index contributed by atoms with van der Waals surface area (Å²) in [6.07, 6.45) is 7.48. The van der Waals surface area contributed by atoms with Crippen LogP contribution < -0.4 is 5.32 Å². The van der Waals surface area contributed by atoms with E-state index >= 15 is 0 Å². The van der Waals surface area contributed by atoms with Gasteiger partial charge in [0.1, 0.15) is 0 Å². The number of carbonyl (C=O) groups is 1. The van der Waals surface area contributed by atoms with Crippen LogP contribution in [0, 0.1) is 17.8 Å². The minimum absolute atomic E-state index is 0.0992. The fourth-order valence-electron chi connectivity index (χ4n) is 3.54. The van der Waals surface area contributed by atoms with Gasteiger partial charge in [-0.05, 0) is 48.3 Å². The van der Waals surface area contributed by atoms with Gasteiger partial charge in [0.2, 0.25) is 5.91 Å². The Kier molecular flexibility index (Phi) is 4.00. The molecule has 3 unspecified atom stereocenters. The highest BCUT2D eigenvalue weighted by Gasteiger charge is 2.35. The molecule has 0 aromatic heterocycles. The number of benzene rings is 1. The number of carbonyl (C=O) groups excluding carboxylic acids is 1. The SMILES string of the molecule is CC(=O)N(C)Cc1cccc(NCC2CC3C=CC2C3)c1. The summed E-state index contributed by atoms with van der Waals surface area (Å²) in [5, 5.41) is 3.58. The number of rotatable bonds is 5. The first kappa shape index (κ1) is 14.2. The fraction of sp³-hybridized carbons (Fsp3) is 0.500. The number of nitrogens with zero attached hydrogens (tertiary/aromatic N) is 1. The summed E-state index contributed by atoms with van der Waals surface area (Å²) in [5.74, 6) is 2.50. The molecule has 2 aliphatic carbocycles. The van der Waals surface area contributed by atoms with Crippen LogP contribution in [0.15, 0.2) is 36.4 Å². The normalized spacial score (nSPS) is 26.1. The van der Waals surface area contributed by atoms with Crippen molar-refractivity contribution < 1.29 is 4.79 Å². The number of hydrogen-bond acceptors (Lipinski definition) is 2. The molecule has 3 rings (SSSR count). The topological polar surface area (TPSA) is 32.3 Å². The van der Waals surface area contributed by atoms with Gasteiger partial charge < -0.3 is 10.2 Å². The van der Waals surface area contributed by atoms with E-state index in [1.807, 2.05) is 7.05 Å². The molecule has 3 nitrogen and oxygen atoms in total.